The topological polar surface area (TPSA) is 57.7 Å². The van der Waals surface area contributed by atoms with E-state index in [1.165, 1.54) is 14.2 Å². The van der Waals surface area contributed by atoms with Crippen molar-refractivity contribution >= 4 is 46.1 Å². The van der Waals surface area contributed by atoms with Crippen LogP contribution in [-0.4, -0.2) is 30.5 Å². The summed E-state index contributed by atoms with van der Waals surface area (Å²) in [5.41, 5.74) is 1.99. The minimum absolute atomic E-state index is 0.00794. The van der Waals surface area contributed by atoms with Crippen LogP contribution in [0.2, 0.25) is 5.02 Å². The van der Waals surface area contributed by atoms with Crippen LogP contribution in [-0.2, 0) is 4.74 Å². The van der Waals surface area contributed by atoms with E-state index in [0.717, 1.165) is 5.56 Å². The van der Waals surface area contributed by atoms with Crippen LogP contribution in [0.3, 0.4) is 0 Å². The molecule has 0 amide bonds. The van der Waals surface area contributed by atoms with Crippen LogP contribution >= 0.6 is 23.8 Å². The van der Waals surface area contributed by atoms with Crippen molar-refractivity contribution in [3.8, 4) is 17.2 Å². The largest absolute Gasteiger partial charge is 0.496 e. The molecule has 1 aliphatic carbocycles. The number of halogens is 1. The molecule has 160 valence electrons. The van der Waals surface area contributed by atoms with E-state index in [9.17, 15) is 4.79 Å². The molecule has 0 bridgehead atoms. The molecule has 3 atom stereocenters. The molecule has 0 N–H and O–H groups in total. The van der Waals surface area contributed by atoms with E-state index in [-0.39, 0.29) is 5.41 Å². The van der Waals surface area contributed by atoms with Gasteiger partial charge >= 0.3 is 5.97 Å². The van der Waals surface area contributed by atoms with Gasteiger partial charge in [-0.2, -0.15) is 0 Å². The number of hydrogen-bond donors (Lipinski definition) is 0. The summed E-state index contributed by atoms with van der Waals surface area (Å²) in [6.07, 6.45) is 1.64. The van der Waals surface area contributed by atoms with Gasteiger partial charge in [-0.25, -0.2) is 4.79 Å². The van der Waals surface area contributed by atoms with Crippen LogP contribution in [0.15, 0.2) is 42.6 Å². The van der Waals surface area contributed by atoms with Crippen LogP contribution < -0.4 is 9.47 Å². The monoisotopic (exact) mass is 455 g/mol. The number of esters is 1. The van der Waals surface area contributed by atoms with Gasteiger partial charge in [0.25, 0.3) is 0 Å². The number of aromatic nitrogens is 1. The van der Waals surface area contributed by atoms with Crippen LogP contribution in [0, 0.1) is 11.3 Å². The Morgan fingerprint density at radius 1 is 1.19 bits per heavy atom. The summed E-state index contributed by atoms with van der Waals surface area (Å²) in [7, 11) is 2.82. The third kappa shape index (κ3) is 3.64. The molecule has 1 aliphatic rings. The molecule has 0 saturated heterocycles. The van der Waals surface area contributed by atoms with Crippen LogP contribution in [0.5, 0.6) is 17.2 Å². The SMILES string of the molecule is COC(=O)c1cc2c(Oc3ccc(C4C(C)[C@@]4(C)C=S)c(Cl)c3)ccnc2cc1OC. The van der Waals surface area contributed by atoms with Gasteiger partial charge in [-0.1, -0.05) is 43.7 Å². The second-order valence-electron chi connectivity index (χ2n) is 7.91. The van der Waals surface area contributed by atoms with Crippen molar-refractivity contribution in [3.63, 3.8) is 0 Å². The van der Waals surface area contributed by atoms with Gasteiger partial charge in [-0.3, -0.25) is 4.98 Å². The molecule has 0 spiro atoms. The Labute approximate surface area is 191 Å². The summed E-state index contributed by atoms with van der Waals surface area (Å²) in [4.78, 5) is 16.5. The molecular weight excluding hydrogens is 434 g/mol. The number of ether oxygens (including phenoxy) is 3. The first-order valence-corrected chi connectivity index (χ1v) is 10.7. The first-order valence-electron chi connectivity index (χ1n) is 9.82. The van der Waals surface area contributed by atoms with Crippen molar-refractivity contribution in [2.75, 3.05) is 14.2 Å². The van der Waals surface area contributed by atoms with Crippen molar-refractivity contribution in [1.82, 2.24) is 4.98 Å². The molecule has 1 fully saturated rings. The first-order chi connectivity index (χ1) is 14.8. The summed E-state index contributed by atoms with van der Waals surface area (Å²) in [6.45, 7) is 4.34. The number of nitrogens with zero attached hydrogens (tertiary/aromatic N) is 1. The smallest absolute Gasteiger partial charge is 0.341 e. The van der Waals surface area contributed by atoms with Crippen molar-refractivity contribution in [3.05, 3.63) is 58.7 Å². The van der Waals surface area contributed by atoms with Crippen LogP contribution in [0.1, 0.15) is 35.7 Å². The lowest BCUT2D eigenvalue weighted by Crippen LogP contribution is -2.04. The Bertz CT molecular complexity index is 1200. The average molecular weight is 456 g/mol. The highest BCUT2D eigenvalue weighted by Gasteiger charge is 2.58. The average Bonchev–Trinajstić information content (AvgIpc) is 3.33. The molecular formula is C24H22ClNO4S. The van der Waals surface area contributed by atoms with Crippen molar-refractivity contribution in [1.29, 1.82) is 0 Å². The van der Waals surface area contributed by atoms with Gasteiger partial charge in [-0.15, -0.1) is 0 Å². The minimum atomic E-state index is -0.499. The molecule has 1 saturated carbocycles. The molecule has 1 heterocycles. The fraction of sp³-hybridized carbons (Fsp3) is 0.292. The Kier molecular flexibility index (Phi) is 5.62. The van der Waals surface area contributed by atoms with E-state index in [0.29, 0.717) is 50.6 Å². The number of rotatable bonds is 6. The highest BCUT2D eigenvalue weighted by Crippen LogP contribution is 2.64. The Hall–Kier alpha value is -2.70. The van der Waals surface area contributed by atoms with E-state index < -0.39 is 5.97 Å². The van der Waals surface area contributed by atoms with E-state index in [2.05, 4.69) is 18.8 Å². The fourth-order valence-corrected chi connectivity index (χ4v) is 4.81. The molecule has 5 nitrogen and oxygen atoms in total. The Morgan fingerprint density at radius 2 is 1.97 bits per heavy atom. The highest BCUT2D eigenvalue weighted by molar-refractivity contribution is 7.79. The number of carbonyl (C=O) groups excluding carboxylic acids is 1. The Balaban J connectivity index is 1.70. The van der Waals surface area contributed by atoms with Gasteiger partial charge in [0.05, 0.1) is 19.7 Å². The number of thiocarbonyl (C=S) groups is 1. The number of hydrogen-bond acceptors (Lipinski definition) is 6. The lowest BCUT2D eigenvalue weighted by atomic mass is 10.0. The number of fused-ring (bicyclic) bond motifs is 1. The predicted molar refractivity (Wildman–Crippen MR) is 125 cm³/mol. The van der Waals surface area contributed by atoms with Gasteiger partial charge < -0.3 is 14.2 Å². The minimum Gasteiger partial charge on any atom is -0.496 e. The van der Waals surface area contributed by atoms with E-state index in [4.69, 9.17) is 38.0 Å². The van der Waals surface area contributed by atoms with E-state index >= 15 is 0 Å². The summed E-state index contributed by atoms with van der Waals surface area (Å²) in [5, 5.41) is 3.15. The molecule has 1 aromatic heterocycles. The summed E-state index contributed by atoms with van der Waals surface area (Å²) < 4.78 is 16.3. The number of carbonyl (C=O) groups is 1. The quantitative estimate of drug-likeness (QED) is 0.325. The molecule has 3 aromatic rings. The lowest BCUT2D eigenvalue weighted by molar-refractivity contribution is 0.0597. The van der Waals surface area contributed by atoms with Gasteiger partial charge in [0, 0.05) is 28.1 Å². The van der Waals surface area contributed by atoms with Crippen molar-refractivity contribution in [2.24, 2.45) is 11.3 Å². The van der Waals surface area contributed by atoms with Crippen LogP contribution in [0.4, 0.5) is 0 Å². The highest BCUT2D eigenvalue weighted by atomic mass is 35.5. The molecule has 0 aliphatic heterocycles. The Morgan fingerprint density at radius 3 is 2.58 bits per heavy atom. The standard InChI is InChI=1S/C24H22ClNO4S/c1-13-22(24(13,2)12-31)15-6-5-14(9-18(15)25)30-20-7-8-26-19-11-21(28-3)17(10-16(19)20)23(27)29-4/h5-13,22H,1-4H3/t13?,22?,24-/m1/s1. The number of methoxy groups -OCH3 is 2. The van der Waals surface area contributed by atoms with E-state index in [1.807, 2.05) is 23.6 Å². The summed E-state index contributed by atoms with van der Waals surface area (Å²) in [5.74, 6) is 1.78. The summed E-state index contributed by atoms with van der Waals surface area (Å²) in [6, 6.07) is 10.8. The van der Waals surface area contributed by atoms with Gasteiger partial charge in [-0.05, 0) is 47.0 Å². The molecule has 7 heteroatoms. The van der Waals surface area contributed by atoms with Gasteiger partial charge in [0.15, 0.2) is 0 Å². The van der Waals surface area contributed by atoms with Gasteiger partial charge in [0.1, 0.15) is 22.8 Å². The predicted octanol–water partition coefficient (Wildman–Crippen LogP) is 6.22. The summed E-state index contributed by atoms with van der Waals surface area (Å²) >= 11 is 11.8. The van der Waals surface area contributed by atoms with Gasteiger partial charge in [0.2, 0.25) is 0 Å². The maximum absolute atomic E-state index is 12.2. The maximum atomic E-state index is 12.2. The zero-order valence-electron chi connectivity index (χ0n) is 17.6. The maximum Gasteiger partial charge on any atom is 0.341 e. The zero-order chi connectivity index (χ0) is 22.3. The van der Waals surface area contributed by atoms with Crippen molar-refractivity contribution in [2.45, 2.75) is 19.8 Å². The second kappa shape index (κ2) is 8.09. The zero-order valence-corrected chi connectivity index (χ0v) is 19.2. The molecule has 31 heavy (non-hydrogen) atoms. The fourth-order valence-electron chi connectivity index (χ4n) is 4.16. The van der Waals surface area contributed by atoms with Crippen LogP contribution in [0.25, 0.3) is 10.9 Å². The third-order valence-electron chi connectivity index (χ3n) is 6.26. The van der Waals surface area contributed by atoms with Crippen molar-refractivity contribution < 1.29 is 19.0 Å². The normalized spacial score (nSPS) is 22.1. The number of pyridine rings is 1. The second-order valence-corrected chi connectivity index (χ2v) is 8.55. The molecule has 2 aromatic carbocycles. The first kappa shape index (κ1) is 21.5. The van der Waals surface area contributed by atoms with E-state index in [1.54, 1.807) is 24.4 Å². The third-order valence-corrected chi connectivity index (χ3v) is 7.09. The molecule has 0 radical (unpaired) electrons. The molecule has 2 unspecified atom stereocenters. The molecule has 4 rings (SSSR count). The lowest BCUT2D eigenvalue weighted by Gasteiger charge is -2.13. The number of benzene rings is 2.